The summed E-state index contributed by atoms with van der Waals surface area (Å²) in [5, 5.41) is 0. The zero-order chi connectivity index (χ0) is 14.0. The van der Waals surface area contributed by atoms with E-state index in [1.54, 1.807) is 13.2 Å². The number of benzene rings is 1. The van der Waals surface area contributed by atoms with Gasteiger partial charge in [-0.3, -0.25) is 0 Å². The predicted octanol–water partition coefficient (Wildman–Crippen LogP) is 2.85. The summed E-state index contributed by atoms with van der Waals surface area (Å²) in [6.07, 6.45) is 2.00. The molecule has 2 atom stereocenters. The number of anilines is 1. The molecule has 1 aromatic carbocycles. The summed E-state index contributed by atoms with van der Waals surface area (Å²) < 4.78 is 19.8. The fourth-order valence-electron chi connectivity index (χ4n) is 2.80. The average molecular weight is 266 g/mol. The molecule has 0 radical (unpaired) electrons. The number of ether oxygens (including phenoxy) is 1. The minimum atomic E-state index is -0.213. The molecule has 0 spiro atoms. The maximum Gasteiger partial charge on any atom is 0.146 e. The van der Waals surface area contributed by atoms with Gasteiger partial charge >= 0.3 is 0 Å². The van der Waals surface area contributed by atoms with Gasteiger partial charge in [0.15, 0.2) is 0 Å². The normalized spacial score (nSPS) is 25.4. The minimum Gasteiger partial charge on any atom is -0.377 e. The lowest BCUT2D eigenvalue weighted by Crippen LogP contribution is -2.48. The van der Waals surface area contributed by atoms with Crippen molar-refractivity contribution in [2.45, 2.75) is 38.3 Å². The number of para-hydroxylation sites is 1. The summed E-state index contributed by atoms with van der Waals surface area (Å²) in [4.78, 5) is 2.07. The highest BCUT2D eigenvalue weighted by atomic mass is 19.1. The van der Waals surface area contributed by atoms with Gasteiger partial charge in [0.05, 0.1) is 11.3 Å². The molecule has 1 aliphatic rings. The molecule has 1 unspecified atom stereocenters. The van der Waals surface area contributed by atoms with Crippen LogP contribution >= 0.6 is 0 Å². The summed E-state index contributed by atoms with van der Waals surface area (Å²) in [6.45, 7) is 5.51. The summed E-state index contributed by atoms with van der Waals surface area (Å²) in [7, 11) is 1.72. The van der Waals surface area contributed by atoms with Crippen LogP contribution in [0.2, 0.25) is 0 Å². The van der Waals surface area contributed by atoms with Gasteiger partial charge in [-0.05, 0) is 38.3 Å². The molecule has 1 heterocycles. The molecule has 0 amide bonds. The Morgan fingerprint density at radius 2 is 2.21 bits per heavy atom. The van der Waals surface area contributed by atoms with E-state index in [1.807, 2.05) is 13.0 Å². The Morgan fingerprint density at radius 3 is 2.84 bits per heavy atom. The van der Waals surface area contributed by atoms with Crippen LogP contribution in [0.1, 0.15) is 38.3 Å². The summed E-state index contributed by atoms with van der Waals surface area (Å²) in [6, 6.07) is 4.94. The number of nitrogens with two attached hydrogens (primary N) is 1. The molecule has 4 heteroatoms. The molecular weight excluding hydrogens is 243 g/mol. The van der Waals surface area contributed by atoms with Crippen molar-refractivity contribution in [2.75, 3.05) is 25.1 Å². The largest absolute Gasteiger partial charge is 0.377 e. The smallest absolute Gasteiger partial charge is 0.146 e. The van der Waals surface area contributed by atoms with Crippen molar-refractivity contribution < 1.29 is 9.13 Å². The van der Waals surface area contributed by atoms with Gasteiger partial charge in [-0.15, -0.1) is 0 Å². The van der Waals surface area contributed by atoms with Crippen molar-refractivity contribution >= 4 is 5.69 Å². The number of hydrogen-bond acceptors (Lipinski definition) is 3. The van der Waals surface area contributed by atoms with Crippen molar-refractivity contribution in [1.29, 1.82) is 0 Å². The van der Waals surface area contributed by atoms with Crippen LogP contribution in [-0.2, 0) is 4.74 Å². The van der Waals surface area contributed by atoms with Crippen LogP contribution in [0.4, 0.5) is 10.1 Å². The van der Waals surface area contributed by atoms with E-state index in [0.717, 1.165) is 24.9 Å². The number of halogens is 1. The fourth-order valence-corrected chi connectivity index (χ4v) is 2.80. The van der Waals surface area contributed by atoms with Crippen LogP contribution in [0.25, 0.3) is 0 Å². The van der Waals surface area contributed by atoms with Crippen LogP contribution in [0, 0.1) is 5.82 Å². The standard InChI is InChI=1S/C15H23FN2O/c1-11(17)12-6-4-7-13(16)14(12)18-9-5-8-15(2,10-18)19-3/h4,6-7,11H,5,8-10,17H2,1-3H3/t11-,15?/m0/s1. The van der Waals surface area contributed by atoms with E-state index >= 15 is 0 Å². The molecule has 0 aromatic heterocycles. The summed E-state index contributed by atoms with van der Waals surface area (Å²) in [5.41, 5.74) is 7.25. The van der Waals surface area contributed by atoms with Crippen molar-refractivity contribution in [3.63, 3.8) is 0 Å². The van der Waals surface area contributed by atoms with Gasteiger partial charge in [0, 0.05) is 26.2 Å². The quantitative estimate of drug-likeness (QED) is 0.914. The highest BCUT2D eigenvalue weighted by molar-refractivity contribution is 5.56. The third-order valence-electron chi connectivity index (χ3n) is 3.98. The Kier molecular flexibility index (Phi) is 4.11. The molecular formula is C15H23FN2O. The van der Waals surface area contributed by atoms with Gasteiger partial charge in [-0.25, -0.2) is 4.39 Å². The van der Waals surface area contributed by atoms with Crippen LogP contribution in [0.5, 0.6) is 0 Å². The molecule has 1 saturated heterocycles. The van der Waals surface area contributed by atoms with Crippen molar-refractivity contribution in [3.8, 4) is 0 Å². The van der Waals surface area contributed by atoms with Gasteiger partial charge in [-0.1, -0.05) is 12.1 Å². The lowest BCUT2D eigenvalue weighted by atomic mass is 9.93. The minimum absolute atomic E-state index is 0.179. The summed E-state index contributed by atoms with van der Waals surface area (Å²) in [5.74, 6) is -0.199. The maximum absolute atomic E-state index is 14.2. The van der Waals surface area contributed by atoms with Gasteiger partial charge in [0.1, 0.15) is 5.82 Å². The molecule has 2 rings (SSSR count). The molecule has 0 saturated carbocycles. The molecule has 1 aromatic rings. The number of hydrogen-bond donors (Lipinski definition) is 1. The van der Waals surface area contributed by atoms with E-state index in [1.165, 1.54) is 6.07 Å². The average Bonchev–Trinajstić information content (AvgIpc) is 2.38. The first kappa shape index (κ1) is 14.3. The molecule has 1 fully saturated rings. The second-order valence-corrected chi connectivity index (χ2v) is 5.65. The molecule has 0 bridgehead atoms. The molecule has 0 aliphatic carbocycles. The highest BCUT2D eigenvalue weighted by Gasteiger charge is 2.32. The van der Waals surface area contributed by atoms with E-state index in [2.05, 4.69) is 11.8 Å². The maximum atomic E-state index is 14.2. The Morgan fingerprint density at radius 1 is 1.47 bits per heavy atom. The first-order chi connectivity index (χ1) is 8.97. The van der Waals surface area contributed by atoms with Gasteiger partial charge in [0.2, 0.25) is 0 Å². The Balaban J connectivity index is 2.36. The van der Waals surface area contributed by atoms with Gasteiger partial charge < -0.3 is 15.4 Å². The van der Waals surface area contributed by atoms with E-state index in [4.69, 9.17) is 10.5 Å². The zero-order valence-electron chi connectivity index (χ0n) is 11.9. The Labute approximate surface area is 114 Å². The van der Waals surface area contributed by atoms with Crippen LogP contribution in [0.15, 0.2) is 18.2 Å². The second-order valence-electron chi connectivity index (χ2n) is 5.65. The Hall–Kier alpha value is -1.13. The van der Waals surface area contributed by atoms with E-state index in [-0.39, 0.29) is 17.5 Å². The van der Waals surface area contributed by atoms with Crippen molar-refractivity contribution in [2.24, 2.45) is 5.73 Å². The van der Waals surface area contributed by atoms with E-state index < -0.39 is 0 Å². The molecule has 2 N–H and O–H groups in total. The fraction of sp³-hybridized carbons (Fsp3) is 0.600. The summed E-state index contributed by atoms with van der Waals surface area (Å²) >= 11 is 0. The van der Waals surface area contributed by atoms with Crippen LogP contribution in [-0.4, -0.2) is 25.8 Å². The van der Waals surface area contributed by atoms with Gasteiger partial charge in [-0.2, -0.15) is 0 Å². The van der Waals surface area contributed by atoms with Crippen molar-refractivity contribution in [1.82, 2.24) is 0 Å². The third-order valence-corrected chi connectivity index (χ3v) is 3.98. The highest BCUT2D eigenvalue weighted by Crippen LogP contribution is 2.33. The molecule has 3 nitrogen and oxygen atoms in total. The lowest BCUT2D eigenvalue weighted by Gasteiger charge is -2.41. The zero-order valence-corrected chi connectivity index (χ0v) is 11.9. The number of rotatable bonds is 3. The van der Waals surface area contributed by atoms with Crippen LogP contribution < -0.4 is 10.6 Å². The first-order valence-electron chi connectivity index (χ1n) is 6.81. The first-order valence-corrected chi connectivity index (χ1v) is 6.81. The lowest BCUT2D eigenvalue weighted by molar-refractivity contribution is -0.00481. The molecule has 19 heavy (non-hydrogen) atoms. The van der Waals surface area contributed by atoms with Crippen molar-refractivity contribution in [3.05, 3.63) is 29.6 Å². The second kappa shape index (κ2) is 5.47. The Bertz CT molecular complexity index is 450. The number of piperidine rings is 1. The van der Waals surface area contributed by atoms with E-state index in [0.29, 0.717) is 12.2 Å². The van der Waals surface area contributed by atoms with E-state index in [9.17, 15) is 4.39 Å². The van der Waals surface area contributed by atoms with Crippen LogP contribution in [0.3, 0.4) is 0 Å². The predicted molar refractivity (Wildman–Crippen MR) is 75.9 cm³/mol. The molecule has 106 valence electrons. The SMILES string of the molecule is COC1(C)CCCN(c2c(F)cccc2[C@H](C)N)C1. The molecule has 1 aliphatic heterocycles. The van der Waals surface area contributed by atoms with Gasteiger partial charge in [0.25, 0.3) is 0 Å². The monoisotopic (exact) mass is 266 g/mol. The number of nitrogens with zero attached hydrogens (tertiary/aromatic N) is 1. The number of methoxy groups -OCH3 is 1. The topological polar surface area (TPSA) is 38.5 Å². The third kappa shape index (κ3) is 2.90.